The van der Waals surface area contributed by atoms with E-state index in [0.717, 1.165) is 33.9 Å². The van der Waals surface area contributed by atoms with E-state index < -0.39 is 5.97 Å². The fourth-order valence-corrected chi connectivity index (χ4v) is 3.68. The van der Waals surface area contributed by atoms with E-state index in [0.29, 0.717) is 29.3 Å². The van der Waals surface area contributed by atoms with Crippen LogP contribution in [-0.4, -0.2) is 31.2 Å². The first-order valence-corrected chi connectivity index (χ1v) is 10.4. The summed E-state index contributed by atoms with van der Waals surface area (Å²) < 4.78 is 6.16. The average molecular weight is 436 g/mol. The van der Waals surface area contributed by atoms with Crippen LogP contribution in [0.5, 0.6) is 11.5 Å². The second-order valence-corrected chi connectivity index (χ2v) is 7.50. The van der Waals surface area contributed by atoms with E-state index in [1.807, 2.05) is 79.0 Å². The van der Waals surface area contributed by atoms with E-state index in [1.165, 1.54) is 0 Å². The van der Waals surface area contributed by atoms with Crippen LogP contribution in [0.1, 0.15) is 17.0 Å². The predicted octanol–water partition coefficient (Wildman–Crippen LogP) is 5.43. The molecule has 0 radical (unpaired) electrons. The van der Waals surface area contributed by atoms with Crippen LogP contribution >= 0.6 is 0 Å². The Bertz CT molecular complexity index is 1450. The summed E-state index contributed by atoms with van der Waals surface area (Å²) >= 11 is 0. The number of rotatable bonds is 7. The van der Waals surface area contributed by atoms with E-state index in [-0.39, 0.29) is 0 Å². The largest absolute Gasteiger partial charge is 0.478 e. The summed E-state index contributed by atoms with van der Waals surface area (Å²) in [6, 6.07) is 23.2. The Labute approximate surface area is 189 Å². The van der Waals surface area contributed by atoms with Gasteiger partial charge in [-0.25, -0.2) is 4.79 Å². The Balaban J connectivity index is 1.42. The van der Waals surface area contributed by atoms with Crippen molar-refractivity contribution in [1.82, 2.24) is 20.2 Å². The molecule has 0 amide bonds. The van der Waals surface area contributed by atoms with Crippen LogP contribution in [0.4, 0.5) is 0 Å². The number of aliphatic carboxylic acids is 1. The molecule has 5 aromatic rings. The van der Waals surface area contributed by atoms with Crippen molar-refractivity contribution in [2.24, 2.45) is 0 Å². The number of aromatic nitrogens is 4. The Morgan fingerprint density at radius 3 is 2.73 bits per heavy atom. The summed E-state index contributed by atoms with van der Waals surface area (Å²) in [5.41, 5.74) is 3.57. The lowest BCUT2D eigenvalue weighted by Gasteiger charge is -2.11. The maximum Gasteiger partial charge on any atom is 0.328 e. The van der Waals surface area contributed by atoms with Crippen LogP contribution in [0.2, 0.25) is 0 Å². The number of nitrogens with one attached hydrogen (secondary N) is 2. The van der Waals surface area contributed by atoms with Gasteiger partial charge in [0, 0.05) is 40.7 Å². The molecule has 0 spiro atoms. The van der Waals surface area contributed by atoms with Gasteiger partial charge in [0.05, 0.1) is 0 Å². The van der Waals surface area contributed by atoms with Gasteiger partial charge in [-0.2, -0.15) is 0 Å². The van der Waals surface area contributed by atoms with Crippen molar-refractivity contribution in [3.8, 4) is 22.9 Å². The summed E-state index contributed by atoms with van der Waals surface area (Å²) in [4.78, 5) is 17.5. The summed E-state index contributed by atoms with van der Waals surface area (Å²) in [6.07, 6.45) is 5.13. The molecule has 0 atom stereocenters. The number of H-pyrrole nitrogens is 2. The smallest absolute Gasteiger partial charge is 0.328 e. The second kappa shape index (κ2) is 8.84. The molecule has 7 heteroatoms. The lowest BCUT2D eigenvalue weighted by atomic mass is 10.1. The molecule has 3 N–H and O–H groups in total. The summed E-state index contributed by atoms with van der Waals surface area (Å²) in [7, 11) is 0. The number of hydrogen-bond acceptors (Lipinski definition) is 4. The van der Waals surface area contributed by atoms with Crippen molar-refractivity contribution in [3.05, 3.63) is 102 Å². The van der Waals surface area contributed by atoms with Crippen molar-refractivity contribution in [3.63, 3.8) is 0 Å². The minimum Gasteiger partial charge on any atom is -0.478 e. The fourth-order valence-electron chi connectivity index (χ4n) is 3.68. The van der Waals surface area contributed by atoms with Crippen LogP contribution in [0.3, 0.4) is 0 Å². The SMILES string of the molecule is O=C(O)/C=C/c1c(Oc2cccc(-c3nnc(Cc4ccccc4)[nH]3)c2)ccc2[nH]ccc12. The summed E-state index contributed by atoms with van der Waals surface area (Å²) in [6.45, 7) is 0. The Hall–Kier alpha value is -4.65. The van der Waals surface area contributed by atoms with Crippen LogP contribution in [0.25, 0.3) is 28.4 Å². The highest BCUT2D eigenvalue weighted by atomic mass is 16.5. The highest BCUT2D eigenvalue weighted by molar-refractivity contribution is 5.95. The van der Waals surface area contributed by atoms with E-state index in [9.17, 15) is 4.79 Å². The van der Waals surface area contributed by atoms with Gasteiger partial charge in [-0.1, -0.05) is 42.5 Å². The average Bonchev–Trinajstić information content (AvgIpc) is 3.49. The van der Waals surface area contributed by atoms with Crippen LogP contribution < -0.4 is 4.74 Å². The van der Waals surface area contributed by atoms with Crippen molar-refractivity contribution < 1.29 is 14.6 Å². The zero-order chi connectivity index (χ0) is 22.6. The molecule has 0 aliphatic rings. The number of carbonyl (C=O) groups is 1. The van der Waals surface area contributed by atoms with Gasteiger partial charge in [0.25, 0.3) is 0 Å². The van der Waals surface area contributed by atoms with Gasteiger partial charge in [-0.15, -0.1) is 10.2 Å². The molecule has 0 bridgehead atoms. The molecule has 162 valence electrons. The number of carboxylic acids is 1. The standard InChI is InChI=1S/C26H20N4O3/c31-25(32)12-9-21-20-13-14-27-22(20)10-11-23(21)33-19-8-4-7-18(16-19)26-28-24(29-30-26)15-17-5-2-1-3-6-17/h1-14,16,27H,15H2,(H,31,32)(H,28,29,30)/b12-9+. The van der Waals surface area contributed by atoms with E-state index >= 15 is 0 Å². The van der Waals surface area contributed by atoms with Crippen LogP contribution in [-0.2, 0) is 11.2 Å². The molecule has 0 aliphatic carbocycles. The first-order chi connectivity index (χ1) is 16.2. The van der Waals surface area contributed by atoms with Gasteiger partial charge >= 0.3 is 5.97 Å². The quantitative estimate of drug-likeness (QED) is 0.295. The molecule has 0 saturated carbocycles. The number of aromatic amines is 2. The maximum atomic E-state index is 11.1. The first kappa shape index (κ1) is 20.3. The first-order valence-electron chi connectivity index (χ1n) is 10.4. The molecule has 5 rings (SSSR count). The van der Waals surface area contributed by atoms with Gasteiger partial charge in [0.2, 0.25) is 0 Å². The third-order valence-electron chi connectivity index (χ3n) is 5.21. The lowest BCUT2D eigenvalue weighted by Crippen LogP contribution is -1.92. The number of fused-ring (bicyclic) bond motifs is 1. The van der Waals surface area contributed by atoms with Gasteiger partial charge in [0.1, 0.15) is 17.3 Å². The van der Waals surface area contributed by atoms with Crippen molar-refractivity contribution in [1.29, 1.82) is 0 Å². The minimum atomic E-state index is -1.02. The normalized spacial score (nSPS) is 11.3. The molecule has 2 aromatic heterocycles. The molecular formula is C26H20N4O3. The van der Waals surface area contributed by atoms with Crippen LogP contribution in [0, 0.1) is 0 Å². The van der Waals surface area contributed by atoms with Gasteiger partial charge in [-0.3, -0.25) is 0 Å². The second-order valence-electron chi connectivity index (χ2n) is 7.50. The fraction of sp³-hybridized carbons (Fsp3) is 0.0385. The summed E-state index contributed by atoms with van der Waals surface area (Å²) in [5.74, 6) is 1.57. The topological polar surface area (TPSA) is 104 Å². The molecule has 7 nitrogen and oxygen atoms in total. The van der Waals surface area contributed by atoms with E-state index in [2.05, 4.69) is 20.2 Å². The van der Waals surface area contributed by atoms with Crippen molar-refractivity contribution >= 4 is 22.9 Å². The van der Waals surface area contributed by atoms with Crippen LogP contribution in [0.15, 0.2) is 85.1 Å². The Kier molecular flexibility index (Phi) is 5.43. The highest BCUT2D eigenvalue weighted by Crippen LogP contribution is 2.33. The molecule has 0 unspecified atom stereocenters. The Morgan fingerprint density at radius 1 is 1.00 bits per heavy atom. The molecule has 3 aromatic carbocycles. The monoisotopic (exact) mass is 436 g/mol. The maximum absolute atomic E-state index is 11.1. The molecular weight excluding hydrogens is 416 g/mol. The molecule has 0 aliphatic heterocycles. The molecule has 0 saturated heterocycles. The number of ether oxygens (including phenoxy) is 1. The van der Waals surface area contributed by atoms with Gasteiger partial charge in [0.15, 0.2) is 5.82 Å². The third kappa shape index (κ3) is 4.52. The van der Waals surface area contributed by atoms with E-state index in [4.69, 9.17) is 9.84 Å². The van der Waals surface area contributed by atoms with Gasteiger partial charge in [-0.05, 0) is 42.0 Å². The van der Waals surface area contributed by atoms with Crippen molar-refractivity contribution in [2.45, 2.75) is 6.42 Å². The summed E-state index contributed by atoms with van der Waals surface area (Å²) in [5, 5.41) is 18.5. The van der Waals surface area contributed by atoms with Crippen molar-refractivity contribution in [2.75, 3.05) is 0 Å². The minimum absolute atomic E-state index is 0.555. The molecule has 2 heterocycles. The zero-order valence-corrected chi connectivity index (χ0v) is 17.5. The third-order valence-corrected chi connectivity index (χ3v) is 5.21. The highest BCUT2D eigenvalue weighted by Gasteiger charge is 2.11. The Morgan fingerprint density at radius 2 is 1.88 bits per heavy atom. The molecule has 0 fully saturated rings. The molecule has 33 heavy (non-hydrogen) atoms. The lowest BCUT2D eigenvalue weighted by molar-refractivity contribution is -0.131. The van der Waals surface area contributed by atoms with E-state index in [1.54, 1.807) is 6.08 Å². The predicted molar refractivity (Wildman–Crippen MR) is 126 cm³/mol. The van der Waals surface area contributed by atoms with Gasteiger partial charge < -0.3 is 19.8 Å². The number of benzene rings is 3. The zero-order valence-electron chi connectivity index (χ0n) is 17.5. The number of hydrogen-bond donors (Lipinski definition) is 3. The number of carboxylic acid groups (broad SMARTS) is 1. The number of nitrogens with zero attached hydrogens (tertiary/aromatic N) is 2.